The number of nitrogens with one attached hydrogen (secondary N) is 1. The Kier molecular flexibility index (Phi) is 4.20. The van der Waals surface area contributed by atoms with Crippen LogP contribution >= 0.6 is 0 Å². The Labute approximate surface area is 103 Å². The van der Waals surface area contributed by atoms with E-state index in [9.17, 15) is 0 Å². The van der Waals surface area contributed by atoms with Crippen molar-refractivity contribution in [2.75, 3.05) is 38.7 Å². The van der Waals surface area contributed by atoms with E-state index >= 15 is 0 Å². The Morgan fingerprint density at radius 1 is 1.41 bits per heavy atom. The minimum Gasteiger partial charge on any atom is -0.495 e. The Morgan fingerprint density at radius 3 is 2.76 bits per heavy atom. The quantitative estimate of drug-likeness (QED) is 0.858. The lowest BCUT2D eigenvalue weighted by atomic mass is 9.98. The lowest BCUT2D eigenvalue weighted by Gasteiger charge is -2.28. The van der Waals surface area contributed by atoms with Crippen molar-refractivity contribution >= 4 is 5.82 Å². The number of ether oxygens (including phenoxy) is 1. The van der Waals surface area contributed by atoms with Gasteiger partial charge in [-0.15, -0.1) is 0 Å². The van der Waals surface area contributed by atoms with Crippen LogP contribution in [-0.2, 0) is 0 Å². The Bertz CT molecular complexity index is 333. The van der Waals surface area contributed by atoms with Crippen LogP contribution in [-0.4, -0.2) is 38.8 Å². The molecule has 2 rings (SSSR count). The summed E-state index contributed by atoms with van der Waals surface area (Å²) in [5.74, 6) is 2.61. The first-order valence-electron chi connectivity index (χ1n) is 6.21. The maximum atomic E-state index is 5.11. The van der Waals surface area contributed by atoms with Crippen molar-refractivity contribution in [2.24, 2.45) is 5.92 Å². The van der Waals surface area contributed by atoms with Gasteiger partial charge in [0.25, 0.3) is 0 Å². The van der Waals surface area contributed by atoms with Gasteiger partial charge in [0.1, 0.15) is 11.6 Å². The molecule has 1 aromatic heterocycles. The molecule has 1 fully saturated rings. The average molecular weight is 235 g/mol. The zero-order chi connectivity index (χ0) is 12.1. The van der Waals surface area contributed by atoms with Crippen LogP contribution in [0.1, 0.15) is 12.8 Å². The summed E-state index contributed by atoms with van der Waals surface area (Å²) >= 11 is 0. The normalized spacial score (nSPS) is 16.8. The minimum absolute atomic E-state index is 0.783. The highest BCUT2D eigenvalue weighted by Gasteiger charge is 2.15. The number of nitrogens with zero attached hydrogens (tertiary/aromatic N) is 2. The molecule has 0 atom stereocenters. The van der Waals surface area contributed by atoms with E-state index in [0.717, 1.165) is 37.1 Å². The highest BCUT2D eigenvalue weighted by atomic mass is 16.5. The van der Waals surface area contributed by atoms with Gasteiger partial charge in [0.05, 0.1) is 13.3 Å². The lowest BCUT2D eigenvalue weighted by Crippen LogP contribution is -2.34. The predicted molar refractivity (Wildman–Crippen MR) is 69.7 cm³/mol. The first-order chi connectivity index (χ1) is 8.29. The molecule has 0 aliphatic carbocycles. The van der Waals surface area contributed by atoms with Gasteiger partial charge in [0.2, 0.25) is 0 Å². The molecule has 0 spiro atoms. The van der Waals surface area contributed by atoms with Gasteiger partial charge in [-0.1, -0.05) is 0 Å². The largest absolute Gasteiger partial charge is 0.495 e. The molecule has 94 valence electrons. The van der Waals surface area contributed by atoms with Gasteiger partial charge in [-0.05, 0) is 44.0 Å². The molecule has 1 aromatic rings. The van der Waals surface area contributed by atoms with Crippen molar-refractivity contribution in [3.05, 3.63) is 18.3 Å². The van der Waals surface area contributed by atoms with Crippen LogP contribution in [0.5, 0.6) is 5.75 Å². The van der Waals surface area contributed by atoms with Gasteiger partial charge in [-0.2, -0.15) is 0 Å². The molecule has 1 saturated heterocycles. The number of aromatic nitrogens is 1. The highest BCUT2D eigenvalue weighted by Crippen LogP contribution is 2.18. The summed E-state index contributed by atoms with van der Waals surface area (Å²) in [6, 6.07) is 3.97. The van der Waals surface area contributed by atoms with Crippen LogP contribution < -0.4 is 15.0 Å². The molecule has 4 heteroatoms. The summed E-state index contributed by atoms with van der Waals surface area (Å²) < 4.78 is 5.11. The Morgan fingerprint density at radius 2 is 2.18 bits per heavy atom. The number of pyridine rings is 1. The van der Waals surface area contributed by atoms with E-state index in [-0.39, 0.29) is 0 Å². The van der Waals surface area contributed by atoms with Gasteiger partial charge >= 0.3 is 0 Å². The molecule has 0 unspecified atom stereocenters. The van der Waals surface area contributed by atoms with Crippen molar-refractivity contribution in [1.82, 2.24) is 10.3 Å². The van der Waals surface area contributed by atoms with Crippen LogP contribution in [0, 0.1) is 5.92 Å². The summed E-state index contributed by atoms with van der Waals surface area (Å²) in [6.45, 7) is 3.38. The molecule has 1 aliphatic rings. The number of methoxy groups -OCH3 is 1. The van der Waals surface area contributed by atoms with Gasteiger partial charge in [-0.3, -0.25) is 0 Å². The fraction of sp³-hybridized carbons (Fsp3) is 0.615. The van der Waals surface area contributed by atoms with E-state index in [1.165, 1.54) is 12.8 Å². The molecule has 0 saturated carbocycles. The number of anilines is 1. The molecule has 1 aliphatic heterocycles. The number of hydrogen-bond donors (Lipinski definition) is 1. The van der Waals surface area contributed by atoms with E-state index in [2.05, 4.69) is 22.2 Å². The molecule has 2 heterocycles. The second-order valence-corrected chi connectivity index (χ2v) is 4.63. The molecule has 0 amide bonds. The van der Waals surface area contributed by atoms with E-state index in [1.54, 1.807) is 13.3 Å². The number of piperidine rings is 1. The zero-order valence-electron chi connectivity index (χ0n) is 10.6. The third-order valence-electron chi connectivity index (χ3n) is 3.34. The van der Waals surface area contributed by atoms with E-state index in [0.29, 0.717) is 0 Å². The monoisotopic (exact) mass is 235 g/mol. The molecule has 0 radical (unpaired) electrons. The summed E-state index contributed by atoms with van der Waals surface area (Å²) in [5, 5.41) is 3.39. The summed E-state index contributed by atoms with van der Waals surface area (Å²) in [6.07, 6.45) is 4.30. The van der Waals surface area contributed by atoms with Gasteiger partial charge in [0, 0.05) is 13.6 Å². The third-order valence-corrected chi connectivity index (χ3v) is 3.34. The van der Waals surface area contributed by atoms with E-state index in [1.807, 2.05) is 12.1 Å². The second-order valence-electron chi connectivity index (χ2n) is 4.63. The average Bonchev–Trinajstić information content (AvgIpc) is 2.40. The van der Waals surface area contributed by atoms with Crippen molar-refractivity contribution in [2.45, 2.75) is 12.8 Å². The number of hydrogen-bond acceptors (Lipinski definition) is 4. The summed E-state index contributed by atoms with van der Waals surface area (Å²) in [4.78, 5) is 6.63. The van der Waals surface area contributed by atoms with Crippen molar-refractivity contribution in [3.63, 3.8) is 0 Å². The predicted octanol–water partition coefficient (Wildman–Crippen LogP) is 1.53. The van der Waals surface area contributed by atoms with Crippen LogP contribution in [0.2, 0.25) is 0 Å². The fourth-order valence-electron chi connectivity index (χ4n) is 2.26. The van der Waals surface area contributed by atoms with Crippen LogP contribution in [0.4, 0.5) is 5.82 Å². The van der Waals surface area contributed by atoms with E-state index in [4.69, 9.17) is 4.74 Å². The SMILES string of the molecule is COc1ccc(N(C)CC2CCNCC2)nc1. The molecular weight excluding hydrogens is 214 g/mol. The van der Waals surface area contributed by atoms with Gasteiger partial charge in [-0.25, -0.2) is 4.98 Å². The molecule has 4 nitrogen and oxygen atoms in total. The molecule has 0 aromatic carbocycles. The maximum absolute atomic E-state index is 5.11. The fourth-order valence-corrected chi connectivity index (χ4v) is 2.26. The maximum Gasteiger partial charge on any atom is 0.137 e. The van der Waals surface area contributed by atoms with Gasteiger partial charge in [0.15, 0.2) is 0 Å². The smallest absolute Gasteiger partial charge is 0.137 e. The highest BCUT2D eigenvalue weighted by molar-refractivity contribution is 5.39. The molecular formula is C13H21N3O. The Hall–Kier alpha value is -1.29. The lowest BCUT2D eigenvalue weighted by molar-refractivity contribution is 0.377. The molecule has 0 bridgehead atoms. The third kappa shape index (κ3) is 3.33. The van der Waals surface area contributed by atoms with Crippen LogP contribution in [0.3, 0.4) is 0 Å². The topological polar surface area (TPSA) is 37.4 Å². The van der Waals surface area contributed by atoms with E-state index < -0.39 is 0 Å². The number of rotatable bonds is 4. The van der Waals surface area contributed by atoms with Gasteiger partial charge < -0.3 is 15.0 Å². The van der Waals surface area contributed by atoms with Crippen molar-refractivity contribution < 1.29 is 4.74 Å². The zero-order valence-corrected chi connectivity index (χ0v) is 10.6. The first kappa shape index (κ1) is 12.2. The van der Waals surface area contributed by atoms with Crippen LogP contribution in [0.25, 0.3) is 0 Å². The summed E-state index contributed by atoms with van der Waals surface area (Å²) in [5.41, 5.74) is 0. The second kappa shape index (κ2) is 5.87. The van der Waals surface area contributed by atoms with Crippen molar-refractivity contribution in [3.8, 4) is 5.75 Å². The first-order valence-corrected chi connectivity index (χ1v) is 6.21. The van der Waals surface area contributed by atoms with Crippen molar-refractivity contribution in [1.29, 1.82) is 0 Å². The standard InChI is InChI=1S/C13H21N3O/c1-16(10-11-5-7-14-8-6-11)13-4-3-12(17-2)9-15-13/h3-4,9,11,14H,5-8,10H2,1-2H3. The Balaban J connectivity index is 1.91. The molecule has 17 heavy (non-hydrogen) atoms. The molecule has 1 N–H and O–H groups in total. The minimum atomic E-state index is 0.783. The summed E-state index contributed by atoms with van der Waals surface area (Å²) in [7, 11) is 3.77. The van der Waals surface area contributed by atoms with Crippen LogP contribution in [0.15, 0.2) is 18.3 Å².